The molecule has 1 saturated heterocycles. The first kappa shape index (κ1) is 23.5. The van der Waals surface area contributed by atoms with Crippen molar-refractivity contribution >= 4 is 23.3 Å². The van der Waals surface area contributed by atoms with E-state index in [9.17, 15) is 4.79 Å². The molecule has 2 heterocycles. The van der Waals surface area contributed by atoms with Crippen molar-refractivity contribution in [1.29, 1.82) is 5.41 Å². The molecule has 1 aliphatic heterocycles. The van der Waals surface area contributed by atoms with Crippen LogP contribution in [0.1, 0.15) is 37.8 Å². The van der Waals surface area contributed by atoms with Crippen molar-refractivity contribution in [3.63, 3.8) is 0 Å². The quantitative estimate of drug-likeness (QED) is 0.249. The molecule has 1 amide bonds. The number of allylic oxidation sites excluding steroid dienone is 2. The standard InChI is InChI=1S/C25H28N6O2/c1-4-7-17(3)33-20-12-10-18(11-13-20)23(26)22-24(27)29-16-30-25(22)28-15-19-9-6-14-31(19)21(32)8-5-2/h4,7,10-13,16,19,26H,3,6,9,14-15H2,1-2H3,(H3,27,28,29,30)/b7-4-,26-23?/t19-/m0/s1. The van der Waals surface area contributed by atoms with Crippen molar-refractivity contribution in [2.75, 3.05) is 24.1 Å². The van der Waals surface area contributed by atoms with Crippen molar-refractivity contribution < 1.29 is 9.53 Å². The minimum Gasteiger partial charge on any atom is -0.458 e. The number of nitrogens with one attached hydrogen (secondary N) is 2. The number of nitrogens with zero attached hydrogens (tertiary/aromatic N) is 3. The van der Waals surface area contributed by atoms with E-state index in [-0.39, 0.29) is 23.5 Å². The maximum atomic E-state index is 12.2. The fourth-order valence-electron chi connectivity index (χ4n) is 3.69. The predicted molar refractivity (Wildman–Crippen MR) is 130 cm³/mol. The van der Waals surface area contributed by atoms with Gasteiger partial charge in [-0.1, -0.05) is 18.6 Å². The van der Waals surface area contributed by atoms with Crippen LogP contribution in [-0.4, -0.2) is 45.6 Å². The molecule has 2 aromatic rings. The summed E-state index contributed by atoms with van der Waals surface area (Å²) in [5.74, 6) is 6.90. The van der Waals surface area contributed by atoms with E-state index in [2.05, 4.69) is 33.7 Å². The van der Waals surface area contributed by atoms with Crippen molar-refractivity contribution in [1.82, 2.24) is 14.9 Å². The van der Waals surface area contributed by atoms with Crippen LogP contribution in [0.25, 0.3) is 0 Å². The number of hydrogen-bond acceptors (Lipinski definition) is 7. The fourth-order valence-corrected chi connectivity index (χ4v) is 3.69. The average Bonchev–Trinajstić information content (AvgIpc) is 3.27. The summed E-state index contributed by atoms with van der Waals surface area (Å²) >= 11 is 0. The number of carbonyl (C=O) groups is 1. The highest BCUT2D eigenvalue weighted by atomic mass is 16.5. The van der Waals surface area contributed by atoms with Crippen LogP contribution in [0.4, 0.5) is 11.6 Å². The van der Waals surface area contributed by atoms with Gasteiger partial charge in [0.05, 0.1) is 11.3 Å². The van der Waals surface area contributed by atoms with Gasteiger partial charge in [-0.25, -0.2) is 9.97 Å². The number of anilines is 2. The molecule has 0 spiro atoms. The lowest BCUT2D eigenvalue weighted by Gasteiger charge is -2.23. The van der Waals surface area contributed by atoms with Crippen LogP contribution in [0.2, 0.25) is 0 Å². The SMILES string of the molecule is C=C(/C=C\C)Oc1ccc(C(=N)c2c(N)ncnc2NC[C@@H]2CCCN2C(=O)C#CC)cc1. The summed E-state index contributed by atoms with van der Waals surface area (Å²) in [5, 5.41) is 12.0. The van der Waals surface area contributed by atoms with E-state index in [4.69, 9.17) is 15.9 Å². The molecule has 4 N–H and O–H groups in total. The second kappa shape index (κ2) is 11.0. The molecule has 0 unspecified atom stereocenters. The summed E-state index contributed by atoms with van der Waals surface area (Å²) in [4.78, 5) is 22.4. The van der Waals surface area contributed by atoms with E-state index in [1.165, 1.54) is 6.33 Å². The van der Waals surface area contributed by atoms with Crippen LogP contribution in [0.5, 0.6) is 5.75 Å². The number of nitrogens with two attached hydrogens (primary N) is 1. The fraction of sp³-hybridized carbons (Fsp3) is 0.280. The highest BCUT2D eigenvalue weighted by Crippen LogP contribution is 2.25. The number of ether oxygens (including phenoxy) is 1. The van der Waals surface area contributed by atoms with E-state index in [0.29, 0.717) is 41.5 Å². The zero-order valence-corrected chi connectivity index (χ0v) is 18.9. The van der Waals surface area contributed by atoms with Gasteiger partial charge in [0.25, 0.3) is 5.91 Å². The summed E-state index contributed by atoms with van der Waals surface area (Å²) in [5.41, 5.74) is 7.36. The number of benzene rings is 1. The number of amides is 1. The largest absolute Gasteiger partial charge is 0.458 e. The third-order valence-electron chi connectivity index (χ3n) is 5.25. The first-order chi connectivity index (χ1) is 15.9. The van der Waals surface area contributed by atoms with E-state index >= 15 is 0 Å². The van der Waals surface area contributed by atoms with Crippen LogP contribution in [0.3, 0.4) is 0 Å². The van der Waals surface area contributed by atoms with Crippen LogP contribution in [0, 0.1) is 17.3 Å². The van der Waals surface area contributed by atoms with Crippen molar-refractivity contribution in [2.24, 2.45) is 0 Å². The van der Waals surface area contributed by atoms with E-state index in [1.54, 1.807) is 42.2 Å². The smallest absolute Gasteiger partial charge is 0.298 e. The predicted octanol–water partition coefficient (Wildman–Crippen LogP) is 3.37. The van der Waals surface area contributed by atoms with Gasteiger partial charge in [-0.15, -0.1) is 0 Å². The van der Waals surface area contributed by atoms with Gasteiger partial charge in [0, 0.05) is 24.7 Å². The van der Waals surface area contributed by atoms with Gasteiger partial charge in [0.1, 0.15) is 29.5 Å². The molecule has 1 aromatic heterocycles. The molecule has 8 nitrogen and oxygen atoms in total. The second-order valence-electron chi connectivity index (χ2n) is 7.50. The molecule has 0 radical (unpaired) electrons. The Labute approximate surface area is 194 Å². The molecule has 1 aromatic carbocycles. The molecule has 8 heteroatoms. The van der Waals surface area contributed by atoms with E-state index in [1.807, 2.05) is 13.0 Å². The summed E-state index contributed by atoms with van der Waals surface area (Å²) in [6.45, 7) is 8.53. The van der Waals surface area contributed by atoms with Gasteiger partial charge in [-0.2, -0.15) is 0 Å². The van der Waals surface area contributed by atoms with Crippen LogP contribution >= 0.6 is 0 Å². The van der Waals surface area contributed by atoms with Crippen molar-refractivity contribution in [3.05, 3.63) is 66.2 Å². The Hall–Kier alpha value is -4.12. The zero-order chi connectivity index (χ0) is 23.8. The first-order valence-electron chi connectivity index (χ1n) is 10.7. The average molecular weight is 445 g/mol. The molecule has 1 atom stereocenters. The van der Waals surface area contributed by atoms with Gasteiger partial charge in [-0.05, 0) is 63.0 Å². The molecule has 0 saturated carbocycles. The summed E-state index contributed by atoms with van der Waals surface area (Å²) in [6.07, 6.45) is 6.77. The Morgan fingerprint density at radius 3 is 2.85 bits per heavy atom. The van der Waals surface area contributed by atoms with Gasteiger partial charge in [0.2, 0.25) is 0 Å². The summed E-state index contributed by atoms with van der Waals surface area (Å²) in [7, 11) is 0. The molecule has 0 aliphatic carbocycles. The van der Waals surface area contributed by atoms with E-state index < -0.39 is 0 Å². The Morgan fingerprint density at radius 2 is 2.15 bits per heavy atom. The lowest BCUT2D eigenvalue weighted by molar-refractivity contribution is -0.125. The monoisotopic (exact) mass is 444 g/mol. The van der Waals surface area contributed by atoms with Gasteiger partial charge in [0.15, 0.2) is 0 Å². The number of rotatable bonds is 8. The molecule has 170 valence electrons. The minimum atomic E-state index is -0.170. The van der Waals surface area contributed by atoms with Crippen molar-refractivity contribution in [2.45, 2.75) is 32.7 Å². The maximum absolute atomic E-state index is 12.2. The molecule has 1 fully saturated rings. The number of carbonyl (C=O) groups excluding carboxylic acids is 1. The highest BCUT2D eigenvalue weighted by molar-refractivity contribution is 6.16. The van der Waals surface area contributed by atoms with Gasteiger partial charge in [-0.3, -0.25) is 10.2 Å². The van der Waals surface area contributed by atoms with Gasteiger partial charge >= 0.3 is 0 Å². The lowest BCUT2D eigenvalue weighted by atomic mass is 10.0. The molecular formula is C25H28N6O2. The number of aromatic nitrogens is 2. The molecule has 0 bridgehead atoms. The zero-order valence-electron chi connectivity index (χ0n) is 18.9. The van der Waals surface area contributed by atoms with Gasteiger partial charge < -0.3 is 20.7 Å². The molecule has 1 aliphatic rings. The minimum absolute atomic E-state index is 0.00160. The lowest BCUT2D eigenvalue weighted by Crippen LogP contribution is -2.39. The summed E-state index contributed by atoms with van der Waals surface area (Å²) < 4.78 is 5.63. The first-order valence-corrected chi connectivity index (χ1v) is 10.7. The topological polar surface area (TPSA) is 117 Å². The van der Waals surface area contributed by atoms with E-state index in [0.717, 1.165) is 12.8 Å². The summed E-state index contributed by atoms with van der Waals surface area (Å²) in [6, 6.07) is 7.08. The molecule has 33 heavy (non-hydrogen) atoms. The Balaban J connectivity index is 1.76. The molecule has 3 rings (SSSR count). The number of likely N-dealkylation sites (tertiary alicyclic amines) is 1. The number of nitrogen functional groups attached to an aromatic ring is 1. The number of hydrogen-bond donors (Lipinski definition) is 3. The third-order valence-corrected chi connectivity index (χ3v) is 5.25. The third kappa shape index (κ3) is 5.77. The van der Waals surface area contributed by atoms with Crippen molar-refractivity contribution in [3.8, 4) is 17.6 Å². The Morgan fingerprint density at radius 1 is 1.39 bits per heavy atom. The maximum Gasteiger partial charge on any atom is 0.298 e. The normalized spacial score (nSPS) is 15.1. The highest BCUT2D eigenvalue weighted by Gasteiger charge is 2.28. The van der Waals surface area contributed by atoms with Crippen LogP contribution in [-0.2, 0) is 4.79 Å². The van der Waals surface area contributed by atoms with Crippen LogP contribution in [0.15, 0.2) is 55.1 Å². The molecular weight excluding hydrogens is 416 g/mol. The Bertz CT molecular complexity index is 1130. The Kier molecular flexibility index (Phi) is 7.82. The van der Waals surface area contributed by atoms with Crippen LogP contribution < -0.4 is 15.8 Å². The second-order valence-corrected chi connectivity index (χ2v) is 7.50.